The lowest BCUT2D eigenvalue weighted by atomic mass is 10.0. The van der Waals surface area contributed by atoms with Crippen molar-refractivity contribution in [1.29, 1.82) is 0 Å². The van der Waals surface area contributed by atoms with E-state index >= 15 is 0 Å². The van der Waals surface area contributed by atoms with Crippen molar-refractivity contribution in [1.82, 2.24) is 10.6 Å². The average molecular weight is 290 g/mol. The van der Waals surface area contributed by atoms with Gasteiger partial charge in [-0.05, 0) is 39.2 Å². The summed E-state index contributed by atoms with van der Waals surface area (Å²) in [5, 5.41) is 6.44. The van der Waals surface area contributed by atoms with Gasteiger partial charge in [-0.2, -0.15) is 0 Å². The first-order valence-electron chi connectivity index (χ1n) is 7.75. The number of amides is 1. The molecule has 0 heterocycles. The number of hydrogen-bond acceptors (Lipinski definition) is 3. The number of benzene rings is 1. The summed E-state index contributed by atoms with van der Waals surface area (Å²) in [5.74, 6) is 0.710. The summed E-state index contributed by atoms with van der Waals surface area (Å²) in [6.07, 6.45) is 3.41. The van der Waals surface area contributed by atoms with E-state index < -0.39 is 0 Å². The van der Waals surface area contributed by atoms with E-state index in [1.807, 2.05) is 38.1 Å². The molecule has 0 atom stereocenters. The molecule has 1 saturated carbocycles. The van der Waals surface area contributed by atoms with Crippen LogP contribution in [0.1, 0.15) is 45.6 Å². The van der Waals surface area contributed by atoms with Crippen LogP contribution in [0.25, 0.3) is 0 Å². The van der Waals surface area contributed by atoms with E-state index in [1.54, 1.807) is 0 Å². The lowest BCUT2D eigenvalue weighted by Gasteiger charge is -2.24. The minimum absolute atomic E-state index is 0.0594. The Morgan fingerprint density at radius 3 is 2.71 bits per heavy atom. The zero-order chi connectivity index (χ0) is 15.3. The Kier molecular flexibility index (Phi) is 5.23. The molecule has 0 saturated heterocycles. The molecule has 2 N–H and O–H groups in total. The molecule has 1 amide bonds. The molecule has 2 rings (SSSR count). The van der Waals surface area contributed by atoms with Crippen LogP contribution in [0.2, 0.25) is 0 Å². The van der Waals surface area contributed by atoms with Crippen LogP contribution < -0.4 is 15.4 Å². The SMILES string of the molecule is CCC(C)(C)NC(=O)COc1ccccc1CNC1CC1. The third-order valence-corrected chi connectivity index (χ3v) is 3.85. The van der Waals surface area contributed by atoms with Crippen molar-refractivity contribution in [3.63, 3.8) is 0 Å². The number of carbonyl (C=O) groups excluding carboxylic acids is 1. The summed E-state index contributed by atoms with van der Waals surface area (Å²) >= 11 is 0. The summed E-state index contributed by atoms with van der Waals surface area (Å²) in [4.78, 5) is 11.9. The van der Waals surface area contributed by atoms with Gasteiger partial charge in [0, 0.05) is 23.7 Å². The van der Waals surface area contributed by atoms with Crippen molar-refractivity contribution >= 4 is 5.91 Å². The normalized spacial score (nSPS) is 14.8. The zero-order valence-electron chi connectivity index (χ0n) is 13.2. The molecule has 0 aliphatic heterocycles. The van der Waals surface area contributed by atoms with Crippen molar-refractivity contribution in [2.75, 3.05) is 6.61 Å². The van der Waals surface area contributed by atoms with Gasteiger partial charge in [0.15, 0.2) is 6.61 Å². The van der Waals surface area contributed by atoms with E-state index in [9.17, 15) is 4.79 Å². The smallest absolute Gasteiger partial charge is 0.258 e. The molecule has 0 spiro atoms. The Labute approximate surface area is 127 Å². The third-order valence-electron chi connectivity index (χ3n) is 3.85. The minimum Gasteiger partial charge on any atom is -0.483 e. The fourth-order valence-electron chi connectivity index (χ4n) is 1.98. The second-order valence-corrected chi connectivity index (χ2v) is 6.34. The van der Waals surface area contributed by atoms with Crippen LogP contribution in [0.4, 0.5) is 0 Å². The minimum atomic E-state index is -0.187. The van der Waals surface area contributed by atoms with E-state index in [4.69, 9.17) is 4.74 Å². The number of rotatable bonds is 8. The van der Waals surface area contributed by atoms with Crippen molar-refractivity contribution in [2.24, 2.45) is 0 Å². The van der Waals surface area contributed by atoms with Crippen LogP contribution in [0.3, 0.4) is 0 Å². The van der Waals surface area contributed by atoms with Gasteiger partial charge in [0.1, 0.15) is 5.75 Å². The maximum absolute atomic E-state index is 11.9. The van der Waals surface area contributed by atoms with Gasteiger partial charge in [0.25, 0.3) is 5.91 Å². The highest BCUT2D eigenvalue weighted by Crippen LogP contribution is 2.22. The maximum atomic E-state index is 11.9. The van der Waals surface area contributed by atoms with Gasteiger partial charge < -0.3 is 15.4 Å². The molecule has 116 valence electrons. The highest BCUT2D eigenvalue weighted by Gasteiger charge is 2.21. The highest BCUT2D eigenvalue weighted by molar-refractivity contribution is 5.78. The molecule has 1 aromatic carbocycles. The predicted octanol–water partition coefficient (Wildman–Crippen LogP) is 2.62. The lowest BCUT2D eigenvalue weighted by Crippen LogP contribution is -2.44. The van der Waals surface area contributed by atoms with Crippen LogP contribution in [-0.2, 0) is 11.3 Å². The second-order valence-electron chi connectivity index (χ2n) is 6.34. The van der Waals surface area contributed by atoms with Gasteiger partial charge in [-0.15, -0.1) is 0 Å². The molecule has 1 aliphatic carbocycles. The van der Waals surface area contributed by atoms with Gasteiger partial charge in [-0.3, -0.25) is 4.79 Å². The second kappa shape index (κ2) is 6.94. The molecular formula is C17H26N2O2. The molecule has 1 fully saturated rings. The summed E-state index contributed by atoms with van der Waals surface area (Å²) in [5.41, 5.74) is 0.917. The van der Waals surface area contributed by atoms with Crippen LogP contribution in [0, 0.1) is 0 Å². The topological polar surface area (TPSA) is 50.4 Å². The highest BCUT2D eigenvalue weighted by atomic mass is 16.5. The monoisotopic (exact) mass is 290 g/mol. The molecule has 1 aliphatic rings. The van der Waals surface area contributed by atoms with Crippen molar-refractivity contribution in [2.45, 2.75) is 58.2 Å². The molecule has 1 aromatic rings. The first-order chi connectivity index (χ1) is 10.00. The average Bonchev–Trinajstić information content (AvgIpc) is 3.27. The van der Waals surface area contributed by atoms with E-state index in [1.165, 1.54) is 12.8 Å². The Balaban J connectivity index is 1.85. The van der Waals surface area contributed by atoms with Crippen molar-refractivity contribution in [3.8, 4) is 5.75 Å². The molecular weight excluding hydrogens is 264 g/mol. The Bertz CT molecular complexity index is 481. The largest absolute Gasteiger partial charge is 0.483 e. The van der Waals surface area contributed by atoms with Crippen LogP contribution in [-0.4, -0.2) is 24.1 Å². The lowest BCUT2D eigenvalue weighted by molar-refractivity contribution is -0.124. The third kappa shape index (κ3) is 5.38. The fourth-order valence-corrected chi connectivity index (χ4v) is 1.98. The van der Waals surface area contributed by atoms with Gasteiger partial charge >= 0.3 is 0 Å². The van der Waals surface area contributed by atoms with Crippen LogP contribution >= 0.6 is 0 Å². The molecule has 4 nitrogen and oxygen atoms in total. The fraction of sp³-hybridized carbons (Fsp3) is 0.588. The molecule has 0 unspecified atom stereocenters. The maximum Gasteiger partial charge on any atom is 0.258 e. The predicted molar refractivity (Wildman–Crippen MR) is 84.3 cm³/mol. The first kappa shape index (κ1) is 15.8. The molecule has 0 radical (unpaired) electrons. The van der Waals surface area contributed by atoms with E-state index in [-0.39, 0.29) is 18.1 Å². The molecule has 4 heteroatoms. The number of hydrogen-bond donors (Lipinski definition) is 2. The first-order valence-corrected chi connectivity index (χ1v) is 7.75. The van der Waals surface area contributed by atoms with Crippen molar-refractivity contribution < 1.29 is 9.53 Å². The standard InChI is InChI=1S/C17H26N2O2/c1-4-17(2,3)19-16(20)12-21-15-8-6-5-7-13(15)11-18-14-9-10-14/h5-8,14,18H,4,9-12H2,1-3H3,(H,19,20). The van der Waals surface area contributed by atoms with Gasteiger partial charge in [-0.25, -0.2) is 0 Å². The van der Waals surface area contributed by atoms with E-state index in [0.29, 0.717) is 6.04 Å². The quantitative estimate of drug-likeness (QED) is 0.774. The summed E-state index contributed by atoms with van der Waals surface area (Å²) in [7, 11) is 0. The zero-order valence-corrected chi connectivity index (χ0v) is 13.2. The number of nitrogens with one attached hydrogen (secondary N) is 2. The Morgan fingerprint density at radius 1 is 1.33 bits per heavy atom. The molecule has 0 aromatic heterocycles. The van der Waals surface area contributed by atoms with Crippen LogP contribution in [0.5, 0.6) is 5.75 Å². The Morgan fingerprint density at radius 2 is 2.05 bits per heavy atom. The summed E-state index contributed by atoms with van der Waals surface area (Å²) in [6.45, 7) is 6.93. The van der Waals surface area contributed by atoms with E-state index in [2.05, 4.69) is 17.6 Å². The van der Waals surface area contributed by atoms with E-state index in [0.717, 1.165) is 24.3 Å². The number of para-hydroxylation sites is 1. The number of ether oxygens (including phenoxy) is 1. The molecule has 0 bridgehead atoms. The van der Waals surface area contributed by atoms with Gasteiger partial charge in [0.05, 0.1) is 0 Å². The molecule has 21 heavy (non-hydrogen) atoms. The summed E-state index contributed by atoms with van der Waals surface area (Å²) < 4.78 is 5.69. The van der Waals surface area contributed by atoms with Gasteiger partial charge in [0.2, 0.25) is 0 Å². The van der Waals surface area contributed by atoms with Crippen LogP contribution in [0.15, 0.2) is 24.3 Å². The Hall–Kier alpha value is -1.55. The number of carbonyl (C=O) groups is 1. The van der Waals surface area contributed by atoms with Gasteiger partial charge in [-0.1, -0.05) is 25.1 Å². The summed E-state index contributed by atoms with van der Waals surface area (Å²) in [6, 6.07) is 8.55. The van der Waals surface area contributed by atoms with Crippen molar-refractivity contribution in [3.05, 3.63) is 29.8 Å².